The molecule has 0 atom stereocenters. The third-order valence-electron chi connectivity index (χ3n) is 2.46. The molecule has 0 aliphatic carbocycles. The van der Waals surface area contributed by atoms with Crippen LogP contribution >= 0.6 is 0 Å². The van der Waals surface area contributed by atoms with Crippen molar-refractivity contribution in [3.05, 3.63) is 29.6 Å². The van der Waals surface area contributed by atoms with Crippen LogP contribution in [0.1, 0.15) is 32.0 Å². The van der Waals surface area contributed by atoms with Gasteiger partial charge in [-0.2, -0.15) is 0 Å². The molecule has 1 aromatic rings. The molecular weight excluding hydrogens is 224 g/mol. The van der Waals surface area contributed by atoms with Gasteiger partial charge in [0.05, 0.1) is 16.2 Å². The second-order valence-electron chi connectivity index (χ2n) is 4.68. The highest BCUT2D eigenvalue weighted by atomic mass is 32.2. The number of rotatable bonds is 3. The maximum absolute atomic E-state index is 12.0. The van der Waals surface area contributed by atoms with E-state index in [0.29, 0.717) is 12.2 Å². The summed E-state index contributed by atoms with van der Waals surface area (Å²) in [6, 6.07) is 3.57. The number of nitrogens with zero attached hydrogens (tertiary/aromatic N) is 1. The molecule has 4 nitrogen and oxygen atoms in total. The van der Waals surface area contributed by atoms with Crippen molar-refractivity contribution < 1.29 is 8.42 Å². The van der Waals surface area contributed by atoms with Crippen LogP contribution in [0, 0.1) is 0 Å². The molecule has 0 unspecified atom stereocenters. The molecule has 90 valence electrons. The Labute approximate surface area is 96.8 Å². The summed E-state index contributed by atoms with van der Waals surface area (Å²) >= 11 is 0. The Morgan fingerprint density at radius 3 is 2.50 bits per heavy atom. The molecule has 0 amide bonds. The fraction of sp³-hybridized carbons (Fsp3) is 0.545. The van der Waals surface area contributed by atoms with E-state index in [9.17, 15) is 8.42 Å². The minimum absolute atomic E-state index is 0.0517. The standard InChI is InChI=1S/C11H18N2O2S/c1-11(2,3)16(14,15)8-10-9(7-12)5-4-6-13-10/h4-6H,7-8,12H2,1-3H3. The van der Waals surface area contributed by atoms with Crippen LogP contribution in [0.25, 0.3) is 0 Å². The molecule has 2 N–H and O–H groups in total. The molecule has 0 saturated heterocycles. The second kappa shape index (κ2) is 4.51. The highest BCUT2D eigenvalue weighted by molar-refractivity contribution is 7.91. The highest BCUT2D eigenvalue weighted by Crippen LogP contribution is 2.20. The fourth-order valence-electron chi connectivity index (χ4n) is 1.18. The van der Waals surface area contributed by atoms with Gasteiger partial charge in [-0.15, -0.1) is 0 Å². The first-order valence-electron chi connectivity index (χ1n) is 5.13. The van der Waals surface area contributed by atoms with Gasteiger partial charge in [0.2, 0.25) is 0 Å². The molecule has 5 heteroatoms. The Morgan fingerprint density at radius 2 is 2.00 bits per heavy atom. The summed E-state index contributed by atoms with van der Waals surface area (Å²) in [5.74, 6) is -0.0517. The van der Waals surface area contributed by atoms with E-state index in [1.54, 1.807) is 39.1 Å². The Morgan fingerprint density at radius 1 is 1.38 bits per heavy atom. The fourth-order valence-corrected chi connectivity index (χ4v) is 2.24. The molecule has 1 rings (SSSR count). The molecular formula is C11H18N2O2S. The summed E-state index contributed by atoms with van der Waals surface area (Å²) in [5.41, 5.74) is 6.89. The minimum Gasteiger partial charge on any atom is -0.326 e. The normalized spacial score (nSPS) is 12.8. The third kappa shape index (κ3) is 2.80. The number of pyridine rings is 1. The molecule has 0 fully saturated rings. The molecule has 1 heterocycles. The van der Waals surface area contributed by atoms with E-state index in [-0.39, 0.29) is 5.75 Å². The smallest absolute Gasteiger partial charge is 0.160 e. The Kier molecular flexibility index (Phi) is 3.70. The van der Waals surface area contributed by atoms with Gasteiger partial charge < -0.3 is 5.73 Å². The summed E-state index contributed by atoms with van der Waals surface area (Å²) in [6.07, 6.45) is 1.59. The van der Waals surface area contributed by atoms with E-state index in [1.165, 1.54) is 0 Å². The number of hydrogen-bond donors (Lipinski definition) is 1. The minimum atomic E-state index is -3.20. The van der Waals surface area contributed by atoms with Crippen LogP contribution in [0.2, 0.25) is 0 Å². The predicted octanol–water partition coefficient (Wildman–Crippen LogP) is 1.25. The number of nitrogens with two attached hydrogens (primary N) is 1. The van der Waals surface area contributed by atoms with Gasteiger partial charge in [0.25, 0.3) is 0 Å². The van der Waals surface area contributed by atoms with Gasteiger partial charge in [0.1, 0.15) is 0 Å². The lowest BCUT2D eigenvalue weighted by Gasteiger charge is -2.19. The lowest BCUT2D eigenvalue weighted by Crippen LogP contribution is -2.30. The molecule has 0 radical (unpaired) electrons. The zero-order valence-corrected chi connectivity index (χ0v) is 10.7. The van der Waals surface area contributed by atoms with Gasteiger partial charge in [-0.05, 0) is 32.4 Å². The van der Waals surface area contributed by atoms with Gasteiger partial charge in [-0.1, -0.05) is 6.07 Å². The first kappa shape index (κ1) is 13.1. The zero-order chi connectivity index (χ0) is 12.4. The second-order valence-corrected chi connectivity index (χ2v) is 7.43. The molecule has 0 saturated carbocycles. The first-order chi connectivity index (χ1) is 7.28. The van der Waals surface area contributed by atoms with Crippen molar-refractivity contribution in [2.45, 2.75) is 37.8 Å². The van der Waals surface area contributed by atoms with Crippen LogP contribution in [0.4, 0.5) is 0 Å². The SMILES string of the molecule is CC(C)(C)S(=O)(=O)Cc1ncccc1CN. The van der Waals surface area contributed by atoms with Crippen molar-refractivity contribution in [1.82, 2.24) is 4.98 Å². The summed E-state index contributed by atoms with van der Waals surface area (Å²) in [7, 11) is -3.20. The zero-order valence-electron chi connectivity index (χ0n) is 9.90. The van der Waals surface area contributed by atoms with Gasteiger partial charge in [-0.25, -0.2) is 8.42 Å². The van der Waals surface area contributed by atoms with Crippen LogP contribution in [0.5, 0.6) is 0 Å². The van der Waals surface area contributed by atoms with E-state index >= 15 is 0 Å². The average molecular weight is 242 g/mol. The Bertz CT molecular complexity index is 461. The molecule has 0 bridgehead atoms. The van der Waals surface area contributed by atoms with E-state index in [2.05, 4.69) is 4.98 Å². The van der Waals surface area contributed by atoms with Crippen LogP contribution in [-0.2, 0) is 22.1 Å². The third-order valence-corrected chi connectivity index (χ3v) is 4.98. The van der Waals surface area contributed by atoms with Crippen LogP contribution in [0.15, 0.2) is 18.3 Å². The lowest BCUT2D eigenvalue weighted by atomic mass is 10.2. The van der Waals surface area contributed by atoms with Crippen LogP contribution in [0.3, 0.4) is 0 Å². The maximum atomic E-state index is 12.0. The Hall–Kier alpha value is -0.940. The Balaban J connectivity index is 3.06. The largest absolute Gasteiger partial charge is 0.326 e. The van der Waals surface area contributed by atoms with Crippen molar-refractivity contribution in [3.63, 3.8) is 0 Å². The maximum Gasteiger partial charge on any atom is 0.160 e. The van der Waals surface area contributed by atoms with Crippen molar-refractivity contribution >= 4 is 9.84 Å². The molecule has 0 aliphatic heterocycles. The van der Waals surface area contributed by atoms with E-state index in [4.69, 9.17) is 5.73 Å². The summed E-state index contributed by atoms with van der Waals surface area (Å²) in [6.45, 7) is 5.37. The molecule has 0 aromatic carbocycles. The predicted molar refractivity (Wildman–Crippen MR) is 64.5 cm³/mol. The van der Waals surface area contributed by atoms with Gasteiger partial charge in [0, 0.05) is 12.7 Å². The van der Waals surface area contributed by atoms with Crippen LogP contribution in [-0.4, -0.2) is 18.1 Å². The van der Waals surface area contributed by atoms with Gasteiger partial charge in [0.15, 0.2) is 9.84 Å². The van der Waals surface area contributed by atoms with E-state index < -0.39 is 14.6 Å². The topological polar surface area (TPSA) is 73.0 Å². The molecule has 0 spiro atoms. The number of hydrogen-bond acceptors (Lipinski definition) is 4. The van der Waals surface area contributed by atoms with Crippen molar-refractivity contribution in [3.8, 4) is 0 Å². The molecule has 1 aromatic heterocycles. The van der Waals surface area contributed by atoms with E-state index in [0.717, 1.165) is 5.56 Å². The summed E-state index contributed by atoms with van der Waals surface area (Å²) in [5, 5.41) is 0. The average Bonchev–Trinajstić information content (AvgIpc) is 2.16. The molecule has 0 aliphatic rings. The van der Waals surface area contributed by atoms with Crippen molar-refractivity contribution in [1.29, 1.82) is 0 Å². The monoisotopic (exact) mass is 242 g/mol. The summed E-state index contributed by atoms with van der Waals surface area (Å²) in [4.78, 5) is 4.09. The first-order valence-corrected chi connectivity index (χ1v) is 6.78. The quantitative estimate of drug-likeness (QED) is 0.866. The molecule has 16 heavy (non-hydrogen) atoms. The number of sulfone groups is 1. The highest BCUT2D eigenvalue weighted by Gasteiger charge is 2.30. The van der Waals surface area contributed by atoms with Crippen molar-refractivity contribution in [2.75, 3.05) is 0 Å². The van der Waals surface area contributed by atoms with Gasteiger partial charge in [-0.3, -0.25) is 4.98 Å². The van der Waals surface area contributed by atoms with Crippen molar-refractivity contribution in [2.24, 2.45) is 5.73 Å². The number of aromatic nitrogens is 1. The van der Waals surface area contributed by atoms with Gasteiger partial charge >= 0.3 is 0 Å². The van der Waals surface area contributed by atoms with E-state index in [1.807, 2.05) is 0 Å². The summed E-state index contributed by atoms with van der Waals surface area (Å²) < 4.78 is 23.3. The van der Waals surface area contributed by atoms with Crippen LogP contribution < -0.4 is 5.73 Å². The lowest BCUT2D eigenvalue weighted by molar-refractivity contribution is 0.558.